The van der Waals surface area contributed by atoms with E-state index in [2.05, 4.69) is 219 Å². The van der Waals surface area contributed by atoms with Gasteiger partial charge in [-0.1, -0.05) is 155 Å². The molecule has 2 nitrogen and oxygen atoms in total. The van der Waals surface area contributed by atoms with Crippen LogP contribution in [0.3, 0.4) is 0 Å². The van der Waals surface area contributed by atoms with E-state index in [9.17, 15) is 0 Å². The van der Waals surface area contributed by atoms with E-state index in [0.717, 1.165) is 5.69 Å². The maximum atomic E-state index is 2.57. The second-order valence-corrected chi connectivity index (χ2v) is 16.6. The summed E-state index contributed by atoms with van der Waals surface area (Å²) in [6.07, 6.45) is 0. The average Bonchev–Trinajstić information content (AvgIpc) is 3.23. The maximum Gasteiger partial charge on any atom is 0.0544 e. The minimum atomic E-state index is -0.315. The van der Waals surface area contributed by atoms with Crippen molar-refractivity contribution in [3.8, 4) is 11.1 Å². The van der Waals surface area contributed by atoms with Gasteiger partial charge in [-0.25, -0.2) is 0 Å². The Kier molecular flexibility index (Phi) is 6.98. The van der Waals surface area contributed by atoms with E-state index in [1.54, 1.807) is 0 Å². The topological polar surface area (TPSA) is 6.48 Å². The Labute approximate surface area is 328 Å². The predicted molar refractivity (Wildman–Crippen MR) is 238 cm³/mol. The number of anilines is 6. The lowest BCUT2D eigenvalue weighted by Crippen LogP contribution is -2.38. The minimum absolute atomic E-state index is 0.197. The van der Waals surface area contributed by atoms with Gasteiger partial charge in [0, 0.05) is 27.3 Å². The molecule has 11 rings (SSSR count). The molecule has 9 aromatic carbocycles. The van der Waals surface area contributed by atoms with Gasteiger partial charge in [-0.2, -0.15) is 0 Å². The van der Waals surface area contributed by atoms with Crippen molar-refractivity contribution in [3.63, 3.8) is 0 Å². The first-order valence-electron chi connectivity index (χ1n) is 19.8. The smallest absolute Gasteiger partial charge is 0.0544 e. The molecule has 0 amide bonds. The van der Waals surface area contributed by atoms with Gasteiger partial charge in [-0.05, 0) is 110 Å². The van der Waals surface area contributed by atoms with Gasteiger partial charge in [-0.15, -0.1) is 0 Å². The molecule has 0 saturated carbocycles. The van der Waals surface area contributed by atoms with Gasteiger partial charge in [0.1, 0.15) is 0 Å². The minimum Gasteiger partial charge on any atom is -0.309 e. The molecule has 2 heteroatoms. The Hall–Kier alpha value is -6.64. The third-order valence-electron chi connectivity index (χ3n) is 12.7. The second kappa shape index (κ2) is 11.9. The molecule has 2 heterocycles. The number of fused-ring (bicyclic) bond motifs is 7. The Bertz CT molecular complexity index is 2970. The lowest BCUT2D eigenvalue weighted by Gasteiger charge is -2.50. The largest absolute Gasteiger partial charge is 0.309 e. The fourth-order valence-electron chi connectivity index (χ4n) is 9.79. The van der Waals surface area contributed by atoms with Gasteiger partial charge >= 0.3 is 0 Å². The molecule has 0 radical (unpaired) electrons. The highest BCUT2D eigenvalue weighted by molar-refractivity contribution is 6.05. The Balaban J connectivity index is 1.19. The van der Waals surface area contributed by atoms with Crippen LogP contribution in [0.1, 0.15) is 49.9 Å². The lowest BCUT2D eigenvalue weighted by molar-refractivity contribution is 0.598. The highest BCUT2D eigenvalue weighted by Crippen LogP contribution is 2.61. The van der Waals surface area contributed by atoms with Crippen LogP contribution in [-0.2, 0) is 10.8 Å². The summed E-state index contributed by atoms with van der Waals surface area (Å²) in [7, 11) is 0. The van der Waals surface area contributed by atoms with Crippen LogP contribution < -0.4 is 9.80 Å². The lowest BCUT2D eigenvalue weighted by atomic mass is 9.65. The molecule has 0 bridgehead atoms. The van der Waals surface area contributed by atoms with Crippen LogP contribution in [-0.4, -0.2) is 0 Å². The van der Waals surface area contributed by atoms with E-state index in [1.807, 2.05) is 0 Å². The number of benzene rings is 9. The van der Waals surface area contributed by atoms with Gasteiger partial charge in [0.2, 0.25) is 0 Å². The first-order chi connectivity index (χ1) is 27.3. The fourth-order valence-corrected chi connectivity index (χ4v) is 9.79. The van der Waals surface area contributed by atoms with Crippen molar-refractivity contribution in [1.82, 2.24) is 0 Å². The number of hydrogen-bond acceptors (Lipinski definition) is 2. The van der Waals surface area contributed by atoms with E-state index >= 15 is 0 Å². The molecule has 0 unspecified atom stereocenters. The molecule has 0 spiro atoms. The molecule has 0 N–H and O–H groups in total. The maximum absolute atomic E-state index is 2.57. The van der Waals surface area contributed by atoms with E-state index in [1.165, 1.54) is 94.1 Å². The van der Waals surface area contributed by atoms with Gasteiger partial charge in [0.15, 0.2) is 0 Å². The van der Waals surface area contributed by atoms with Crippen molar-refractivity contribution in [2.24, 2.45) is 0 Å². The molecule has 56 heavy (non-hydrogen) atoms. The van der Waals surface area contributed by atoms with Crippen molar-refractivity contribution in [2.45, 2.75) is 38.5 Å². The molecule has 0 atom stereocenters. The van der Waals surface area contributed by atoms with Crippen LogP contribution in [0.15, 0.2) is 182 Å². The van der Waals surface area contributed by atoms with Gasteiger partial charge in [0.05, 0.1) is 28.4 Å². The molecule has 268 valence electrons. The molecular weight excluding hydrogens is 677 g/mol. The molecule has 0 saturated heterocycles. The van der Waals surface area contributed by atoms with E-state index < -0.39 is 0 Å². The predicted octanol–water partition coefficient (Wildman–Crippen LogP) is 15.0. The third kappa shape index (κ3) is 4.69. The molecule has 0 fully saturated rings. The van der Waals surface area contributed by atoms with Crippen LogP contribution in [0.2, 0.25) is 0 Å². The van der Waals surface area contributed by atoms with E-state index in [0.29, 0.717) is 0 Å². The quantitative estimate of drug-likeness (QED) is 0.179. The van der Waals surface area contributed by atoms with Gasteiger partial charge in [0.25, 0.3) is 0 Å². The molecule has 2 aliphatic heterocycles. The Morgan fingerprint density at radius 2 is 0.911 bits per heavy atom. The summed E-state index contributed by atoms with van der Waals surface area (Å²) >= 11 is 0. The average molecular weight is 719 g/mol. The number of hydrogen-bond donors (Lipinski definition) is 0. The number of nitrogens with zero attached hydrogens (tertiary/aromatic N) is 2. The van der Waals surface area contributed by atoms with Crippen LogP contribution >= 0.6 is 0 Å². The summed E-state index contributed by atoms with van der Waals surface area (Å²) in [5.41, 5.74) is 14.7. The highest BCUT2D eigenvalue weighted by atomic mass is 15.2. The molecule has 0 aromatic heterocycles. The summed E-state index contributed by atoms with van der Waals surface area (Å²) in [5, 5.41) is 7.43. The van der Waals surface area contributed by atoms with Crippen molar-refractivity contribution < 1.29 is 0 Å². The summed E-state index contributed by atoms with van der Waals surface area (Å²) in [6, 6.07) is 67.7. The zero-order chi connectivity index (χ0) is 37.8. The zero-order valence-corrected chi connectivity index (χ0v) is 32.2. The Morgan fingerprint density at radius 3 is 1.59 bits per heavy atom. The second-order valence-electron chi connectivity index (χ2n) is 16.6. The van der Waals surface area contributed by atoms with Crippen molar-refractivity contribution >= 4 is 66.4 Å². The van der Waals surface area contributed by atoms with E-state index in [4.69, 9.17) is 0 Å². The molecule has 0 aliphatic carbocycles. The fraction of sp³-hybridized carbons (Fsp3) is 0.111. The zero-order valence-electron chi connectivity index (χ0n) is 32.2. The standard InChI is InChI=1S/C54H42N2/c1-53(2)44-23-11-12-24-50(44)56-51-30-29-41(55(48-25-13-19-36-16-7-9-21-42(36)48)49-26-14-20-37-17-8-10-22-43(37)49)34-45(51)54(3,4)47-33-40(32-46(53)52(47)56)39-28-27-35-15-5-6-18-38(35)31-39/h5-34H,1-4H3. The van der Waals surface area contributed by atoms with Gasteiger partial charge < -0.3 is 9.80 Å². The van der Waals surface area contributed by atoms with E-state index in [-0.39, 0.29) is 10.8 Å². The number of rotatable bonds is 4. The highest BCUT2D eigenvalue weighted by Gasteiger charge is 2.46. The van der Waals surface area contributed by atoms with Crippen LogP contribution in [0.25, 0.3) is 43.4 Å². The Morgan fingerprint density at radius 1 is 0.375 bits per heavy atom. The van der Waals surface area contributed by atoms with Gasteiger partial charge in [-0.3, -0.25) is 0 Å². The molecule has 2 aliphatic rings. The normalized spacial score (nSPS) is 14.7. The summed E-state index contributed by atoms with van der Waals surface area (Å²) < 4.78 is 0. The SMILES string of the molecule is CC1(C)c2ccccc2N2c3ccc(N(c4cccc5ccccc45)c4cccc5ccccc45)cc3C(C)(C)c3cc(-c4ccc5ccccc5c4)cc1c32. The summed E-state index contributed by atoms with van der Waals surface area (Å²) in [6.45, 7) is 9.67. The monoisotopic (exact) mass is 718 g/mol. The van der Waals surface area contributed by atoms with Crippen LogP contribution in [0.5, 0.6) is 0 Å². The number of para-hydroxylation sites is 1. The van der Waals surface area contributed by atoms with Crippen LogP contribution in [0.4, 0.5) is 34.1 Å². The molecule has 9 aromatic rings. The molecular formula is C54H42N2. The van der Waals surface area contributed by atoms with Crippen molar-refractivity contribution in [1.29, 1.82) is 0 Å². The summed E-state index contributed by atoms with van der Waals surface area (Å²) in [4.78, 5) is 5.06. The summed E-state index contributed by atoms with van der Waals surface area (Å²) in [5.74, 6) is 0. The van der Waals surface area contributed by atoms with Crippen molar-refractivity contribution in [3.05, 3.63) is 204 Å². The first kappa shape index (κ1) is 32.8. The van der Waals surface area contributed by atoms with Crippen LogP contribution in [0, 0.1) is 0 Å². The third-order valence-corrected chi connectivity index (χ3v) is 12.7. The van der Waals surface area contributed by atoms with Crippen molar-refractivity contribution in [2.75, 3.05) is 9.80 Å². The first-order valence-corrected chi connectivity index (χ1v) is 19.8.